The van der Waals surface area contributed by atoms with Crippen LogP contribution in [0.4, 0.5) is 0 Å². The third kappa shape index (κ3) is 7.95. The van der Waals surface area contributed by atoms with Gasteiger partial charge in [0.05, 0.1) is 6.42 Å². The van der Waals surface area contributed by atoms with Gasteiger partial charge in [0.2, 0.25) is 11.8 Å². The number of carbonyl (C=O) groups excluding carboxylic acids is 2. The van der Waals surface area contributed by atoms with Crippen LogP contribution in [0.1, 0.15) is 27.8 Å². The number of hydrogen-bond acceptors (Lipinski definition) is 2. The molecule has 0 fully saturated rings. The summed E-state index contributed by atoms with van der Waals surface area (Å²) in [5.74, 6) is -0.346. The monoisotopic (exact) mass is 544 g/mol. The van der Waals surface area contributed by atoms with Gasteiger partial charge < -0.3 is 10.2 Å². The molecule has 1 atom stereocenters. The van der Waals surface area contributed by atoms with Crippen molar-refractivity contribution in [1.82, 2.24) is 10.2 Å². The smallest absolute Gasteiger partial charge is 0.243 e. The van der Waals surface area contributed by atoms with Gasteiger partial charge in [0.1, 0.15) is 6.04 Å². The highest BCUT2D eigenvalue weighted by Crippen LogP contribution is 2.19. The molecule has 0 aliphatic carbocycles. The van der Waals surface area contributed by atoms with Crippen LogP contribution >= 0.6 is 23.2 Å². The Morgan fingerprint density at radius 2 is 1.26 bits per heavy atom. The summed E-state index contributed by atoms with van der Waals surface area (Å²) in [6, 6.07) is 31.7. The standard InChI is InChI=1S/C32H30Cl2N2O2/c1-23-7-9-26(10-8-23)21-35-32(38)30(19-24-5-3-2-4-6-24)36(22-27-13-17-29(34)18-14-27)31(37)20-25-11-15-28(33)16-12-25/h2-18,30H,19-22H2,1H3,(H,35,38). The summed E-state index contributed by atoms with van der Waals surface area (Å²) >= 11 is 12.2. The first kappa shape index (κ1) is 27.4. The van der Waals surface area contributed by atoms with Gasteiger partial charge in [0.15, 0.2) is 0 Å². The number of carbonyl (C=O) groups is 2. The Labute approximate surface area is 234 Å². The zero-order valence-corrected chi connectivity index (χ0v) is 22.8. The summed E-state index contributed by atoms with van der Waals surface area (Å²) in [4.78, 5) is 29.2. The Morgan fingerprint density at radius 3 is 1.87 bits per heavy atom. The van der Waals surface area contributed by atoms with E-state index in [2.05, 4.69) is 5.32 Å². The lowest BCUT2D eigenvalue weighted by Gasteiger charge is -2.32. The molecule has 4 aromatic rings. The molecule has 0 saturated carbocycles. The molecule has 0 aliphatic heterocycles. The minimum atomic E-state index is -0.710. The second kappa shape index (κ2) is 13.3. The molecule has 2 amide bonds. The summed E-state index contributed by atoms with van der Waals surface area (Å²) < 4.78 is 0. The molecule has 4 nitrogen and oxygen atoms in total. The van der Waals surface area contributed by atoms with Gasteiger partial charge in [-0.05, 0) is 53.4 Å². The fraction of sp³-hybridized carbons (Fsp3) is 0.188. The van der Waals surface area contributed by atoms with Gasteiger partial charge in [-0.3, -0.25) is 9.59 Å². The van der Waals surface area contributed by atoms with Crippen molar-refractivity contribution in [3.63, 3.8) is 0 Å². The van der Waals surface area contributed by atoms with Crippen molar-refractivity contribution in [3.8, 4) is 0 Å². The first-order valence-electron chi connectivity index (χ1n) is 12.5. The third-order valence-corrected chi connectivity index (χ3v) is 6.90. The first-order chi connectivity index (χ1) is 18.4. The summed E-state index contributed by atoms with van der Waals surface area (Å²) in [5, 5.41) is 4.29. The quantitative estimate of drug-likeness (QED) is 0.238. The highest BCUT2D eigenvalue weighted by Gasteiger charge is 2.30. The summed E-state index contributed by atoms with van der Waals surface area (Å²) in [7, 11) is 0. The molecule has 0 aromatic heterocycles. The number of rotatable bonds is 10. The molecule has 194 valence electrons. The van der Waals surface area contributed by atoms with Crippen molar-refractivity contribution in [1.29, 1.82) is 0 Å². The molecule has 0 saturated heterocycles. The van der Waals surface area contributed by atoms with E-state index in [0.29, 0.717) is 23.0 Å². The van der Waals surface area contributed by atoms with Crippen LogP contribution in [-0.4, -0.2) is 22.8 Å². The molecule has 0 spiro atoms. The highest BCUT2D eigenvalue weighted by molar-refractivity contribution is 6.30. The SMILES string of the molecule is Cc1ccc(CNC(=O)C(Cc2ccccc2)N(Cc2ccc(Cl)cc2)C(=O)Cc2ccc(Cl)cc2)cc1. The Kier molecular flexibility index (Phi) is 9.58. The highest BCUT2D eigenvalue weighted by atomic mass is 35.5. The minimum Gasteiger partial charge on any atom is -0.350 e. The maximum Gasteiger partial charge on any atom is 0.243 e. The second-order valence-corrected chi connectivity index (χ2v) is 10.2. The first-order valence-corrected chi connectivity index (χ1v) is 13.3. The number of nitrogens with one attached hydrogen (secondary N) is 1. The van der Waals surface area contributed by atoms with Gasteiger partial charge >= 0.3 is 0 Å². The van der Waals surface area contributed by atoms with Crippen molar-refractivity contribution in [2.75, 3.05) is 0 Å². The predicted molar refractivity (Wildman–Crippen MR) is 154 cm³/mol. The van der Waals surface area contributed by atoms with E-state index in [1.807, 2.05) is 85.8 Å². The normalized spacial score (nSPS) is 11.6. The van der Waals surface area contributed by atoms with E-state index in [1.165, 1.54) is 0 Å². The predicted octanol–water partition coefficient (Wildman–Crippen LogP) is 6.80. The van der Waals surface area contributed by atoms with Gasteiger partial charge in [-0.1, -0.05) is 108 Å². The second-order valence-electron chi connectivity index (χ2n) is 9.36. The average Bonchev–Trinajstić information content (AvgIpc) is 2.93. The van der Waals surface area contributed by atoms with Crippen molar-refractivity contribution < 1.29 is 9.59 Å². The largest absolute Gasteiger partial charge is 0.350 e. The van der Waals surface area contributed by atoms with E-state index in [9.17, 15) is 9.59 Å². The van der Waals surface area contributed by atoms with E-state index in [0.717, 1.165) is 27.8 Å². The number of amides is 2. The van der Waals surface area contributed by atoms with Crippen LogP contribution < -0.4 is 5.32 Å². The van der Waals surface area contributed by atoms with Crippen molar-refractivity contribution in [2.24, 2.45) is 0 Å². The summed E-state index contributed by atoms with van der Waals surface area (Å²) in [6.45, 7) is 2.68. The molecular weight excluding hydrogens is 515 g/mol. The number of hydrogen-bond donors (Lipinski definition) is 1. The van der Waals surface area contributed by atoms with Crippen LogP contribution in [0.15, 0.2) is 103 Å². The van der Waals surface area contributed by atoms with Gasteiger partial charge in [0.25, 0.3) is 0 Å². The molecule has 0 radical (unpaired) electrons. The van der Waals surface area contributed by atoms with Crippen molar-refractivity contribution in [2.45, 2.75) is 38.9 Å². The summed E-state index contributed by atoms with van der Waals surface area (Å²) in [6.07, 6.45) is 0.543. The fourth-order valence-electron chi connectivity index (χ4n) is 4.23. The van der Waals surface area contributed by atoms with Gasteiger partial charge in [-0.25, -0.2) is 0 Å². The molecule has 0 bridgehead atoms. The molecule has 38 heavy (non-hydrogen) atoms. The van der Waals surface area contributed by atoms with E-state index in [-0.39, 0.29) is 24.8 Å². The zero-order chi connectivity index (χ0) is 26.9. The molecule has 0 aliphatic rings. The average molecular weight is 546 g/mol. The molecule has 4 rings (SSSR count). The van der Waals surface area contributed by atoms with Crippen molar-refractivity contribution in [3.05, 3.63) is 141 Å². The molecule has 1 N–H and O–H groups in total. The van der Waals surface area contributed by atoms with Crippen LogP contribution in [-0.2, 0) is 35.5 Å². The molecule has 1 unspecified atom stereocenters. The molecule has 6 heteroatoms. The number of halogens is 2. The molecule has 4 aromatic carbocycles. The molecule has 0 heterocycles. The van der Waals surface area contributed by atoms with Crippen LogP contribution in [0.2, 0.25) is 10.0 Å². The Morgan fingerprint density at radius 1 is 0.711 bits per heavy atom. The molecular formula is C32H30Cl2N2O2. The van der Waals surface area contributed by atoms with Crippen LogP contribution in [0.3, 0.4) is 0 Å². The van der Waals surface area contributed by atoms with Crippen LogP contribution in [0, 0.1) is 6.92 Å². The maximum absolute atomic E-state index is 13.8. The van der Waals surface area contributed by atoms with Gasteiger partial charge in [-0.15, -0.1) is 0 Å². The minimum absolute atomic E-state index is 0.145. The number of benzene rings is 4. The Bertz CT molecular complexity index is 1340. The Balaban J connectivity index is 1.63. The lowest BCUT2D eigenvalue weighted by atomic mass is 10.0. The number of aryl methyl sites for hydroxylation is 1. The van der Waals surface area contributed by atoms with E-state index >= 15 is 0 Å². The topological polar surface area (TPSA) is 49.4 Å². The maximum atomic E-state index is 13.8. The lowest BCUT2D eigenvalue weighted by Crippen LogP contribution is -2.50. The van der Waals surface area contributed by atoms with E-state index in [1.54, 1.807) is 29.2 Å². The van der Waals surface area contributed by atoms with Crippen LogP contribution in [0.5, 0.6) is 0 Å². The fourth-order valence-corrected chi connectivity index (χ4v) is 4.48. The Hall–Kier alpha value is -3.60. The van der Waals surface area contributed by atoms with Gasteiger partial charge in [-0.2, -0.15) is 0 Å². The van der Waals surface area contributed by atoms with Crippen LogP contribution in [0.25, 0.3) is 0 Å². The van der Waals surface area contributed by atoms with Gasteiger partial charge in [0, 0.05) is 29.6 Å². The third-order valence-electron chi connectivity index (χ3n) is 6.39. The number of nitrogens with zero attached hydrogens (tertiary/aromatic N) is 1. The van der Waals surface area contributed by atoms with E-state index in [4.69, 9.17) is 23.2 Å². The zero-order valence-electron chi connectivity index (χ0n) is 21.2. The summed E-state index contributed by atoms with van der Waals surface area (Å²) in [5.41, 5.74) is 4.86. The van der Waals surface area contributed by atoms with Crippen molar-refractivity contribution >= 4 is 35.0 Å². The lowest BCUT2D eigenvalue weighted by molar-refractivity contribution is -0.140. The van der Waals surface area contributed by atoms with E-state index < -0.39 is 6.04 Å².